The second-order valence-electron chi connectivity index (χ2n) is 5.85. The minimum absolute atomic E-state index is 0.135. The van der Waals surface area contributed by atoms with Crippen LogP contribution in [0.1, 0.15) is 30.1 Å². The van der Waals surface area contributed by atoms with Gasteiger partial charge >= 0.3 is 0 Å². The Hall–Kier alpha value is -1.81. The number of aromatic amines is 1. The lowest BCUT2D eigenvalue weighted by molar-refractivity contribution is 0.0663. The molecule has 2 aromatic rings. The summed E-state index contributed by atoms with van der Waals surface area (Å²) in [7, 11) is 2.00. The summed E-state index contributed by atoms with van der Waals surface area (Å²) in [5, 5.41) is 4.45. The van der Waals surface area contributed by atoms with Crippen molar-refractivity contribution in [2.24, 2.45) is 0 Å². The van der Waals surface area contributed by atoms with Crippen molar-refractivity contribution in [3.05, 3.63) is 36.0 Å². The van der Waals surface area contributed by atoms with Crippen molar-refractivity contribution in [2.75, 3.05) is 20.1 Å². The molecule has 1 amide bonds. The lowest BCUT2D eigenvalue weighted by Crippen LogP contribution is -2.51. The van der Waals surface area contributed by atoms with Crippen molar-refractivity contribution >= 4 is 16.8 Å². The molecule has 20 heavy (non-hydrogen) atoms. The first-order valence-corrected chi connectivity index (χ1v) is 7.17. The van der Waals surface area contributed by atoms with Gasteiger partial charge in [0.25, 0.3) is 5.91 Å². The van der Waals surface area contributed by atoms with Gasteiger partial charge in [-0.25, -0.2) is 0 Å². The zero-order chi connectivity index (χ0) is 14.2. The number of aromatic nitrogens is 1. The maximum absolute atomic E-state index is 12.7. The molecule has 3 rings (SSSR count). The zero-order valence-electron chi connectivity index (χ0n) is 12.1. The summed E-state index contributed by atoms with van der Waals surface area (Å²) in [6.07, 6.45) is 3.88. The molecule has 0 aliphatic carbocycles. The summed E-state index contributed by atoms with van der Waals surface area (Å²) in [5.41, 5.74) is 1.88. The molecular formula is C16H21N3O. The van der Waals surface area contributed by atoms with E-state index in [1.54, 1.807) is 0 Å². The first-order chi connectivity index (χ1) is 9.63. The van der Waals surface area contributed by atoms with E-state index in [9.17, 15) is 4.79 Å². The number of hydrogen-bond acceptors (Lipinski definition) is 2. The molecule has 0 bridgehead atoms. The van der Waals surface area contributed by atoms with Crippen molar-refractivity contribution in [1.29, 1.82) is 0 Å². The highest BCUT2D eigenvalue weighted by Crippen LogP contribution is 2.24. The van der Waals surface area contributed by atoms with E-state index in [0.717, 1.165) is 42.4 Å². The molecule has 4 nitrogen and oxygen atoms in total. The number of para-hydroxylation sites is 1. The Kier molecular flexibility index (Phi) is 3.26. The van der Waals surface area contributed by atoms with E-state index >= 15 is 0 Å². The number of piperidine rings is 1. The first kappa shape index (κ1) is 13.2. The van der Waals surface area contributed by atoms with E-state index in [1.807, 2.05) is 42.4 Å². The summed E-state index contributed by atoms with van der Waals surface area (Å²) >= 11 is 0. The molecule has 0 unspecified atom stereocenters. The highest BCUT2D eigenvalue weighted by molar-refractivity contribution is 6.05. The second-order valence-corrected chi connectivity index (χ2v) is 5.85. The molecular weight excluding hydrogens is 250 g/mol. The number of fused-ring (bicyclic) bond motifs is 1. The third-order valence-electron chi connectivity index (χ3n) is 4.58. The largest absolute Gasteiger partial charge is 0.361 e. The molecule has 106 valence electrons. The number of carbonyl (C=O) groups excluding carboxylic acids is 1. The van der Waals surface area contributed by atoms with Crippen LogP contribution in [0, 0.1) is 0 Å². The average molecular weight is 271 g/mol. The van der Waals surface area contributed by atoms with Gasteiger partial charge in [-0.05, 0) is 38.9 Å². The molecule has 0 saturated carbocycles. The fourth-order valence-electron chi connectivity index (χ4n) is 2.89. The summed E-state index contributed by atoms with van der Waals surface area (Å²) < 4.78 is 0. The van der Waals surface area contributed by atoms with Crippen molar-refractivity contribution in [1.82, 2.24) is 15.2 Å². The van der Waals surface area contributed by atoms with Crippen molar-refractivity contribution in [2.45, 2.75) is 25.3 Å². The van der Waals surface area contributed by atoms with Gasteiger partial charge in [-0.2, -0.15) is 0 Å². The molecule has 0 atom stereocenters. The number of nitrogens with one attached hydrogen (secondary N) is 2. The zero-order valence-corrected chi connectivity index (χ0v) is 12.1. The molecule has 1 aromatic heterocycles. The standard InChI is InChI=1S/C16H21N3O/c1-16(17-2)7-10-19(11-8-16)15(20)13-5-3-4-12-6-9-18-14(12)13/h3-6,9,17-18H,7-8,10-11H2,1-2H3. The Morgan fingerprint density at radius 2 is 2.05 bits per heavy atom. The van der Waals surface area contributed by atoms with Gasteiger partial charge in [-0.1, -0.05) is 12.1 Å². The number of rotatable bonds is 2. The summed E-state index contributed by atoms with van der Waals surface area (Å²) in [4.78, 5) is 17.8. The Balaban J connectivity index is 1.82. The molecule has 1 saturated heterocycles. The topological polar surface area (TPSA) is 48.1 Å². The average Bonchev–Trinajstić information content (AvgIpc) is 2.95. The van der Waals surface area contributed by atoms with Gasteiger partial charge in [0.2, 0.25) is 0 Å². The number of H-pyrrole nitrogens is 1. The van der Waals surface area contributed by atoms with Crippen molar-refractivity contribution in [3.63, 3.8) is 0 Å². The van der Waals surface area contributed by atoms with Crippen molar-refractivity contribution in [3.8, 4) is 0 Å². The smallest absolute Gasteiger partial charge is 0.255 e. The minimum atomic E-state index is 0.135. The van der Waals surface area contributed by atoms with Crippen molar-refractivity contribution < 1.29 is 4.79 Å². The Labute approximate surface area is 119 Å². The van der Waals surface area contributed by atoms with Crippen LogP contribution in [-0.4, -0.2) is 41.5 Å². The first-order valence-electron chi connectivity index (χ1n) is 7.17. The van der Waals surface area contributed by atoms with Gasteiger partial charge in [0.15, 0.2) is 0 Å². The van der Waals surface area contributed by atoms with Crippen LogP contribution in [0.2, 0.25) is 0 Å². The summed E-state index contributed by atoms with van der Waals surface area (Å²) in [6.45, 7) is 3.85. The molecule has 0 spiro atoms. The van der Waals surface area contributed by atoms with E-state index < -0.39 is 0 Å². The van der Waals surface area contributed by atoms with Crippen LogP contribution >= 0.6 is 0 Å². The molecule has 2 heterocycles. The van der Waals surface area contributed by atoms with Crippen LogP contribution in [0.4, 0.5) is 0 Å². The number of nitrogens with zero attached hydrogens (tertiary/aromatic N) is 1. The highest BCUT2D eigenvalue weighted by atomic mass is 16.2. The molecule has 0 radical (unpaired) electrons. The van der Waals surface area contributed by atoms with E-state index in [2.05, 4.69) is 17.2 Å². The molecule has 1 aromatic carbocycles. The van der Waals surface area contributed by atoms with E-state index in [-0.39, 0.29) is 11.4 Å². The van der Waals surface area contributed by atoms with E-state index in [0.29, 0.717) is 0 Å². The van der Waals surface area contributed by atoms with Gasteiger partial charge < -0.3 is 15.2 Å². The van der Waals surface area contributed by atoms with Crippen LogP contribution < -0.4 is 5.32 Å². The molecule has 1 aliphatic heterocycles. The third-order valence-corrected chi connectivity index (χ3v) is 4.58. The maximum Gasteiger partial charge on any atom is 0.255 e. The number of hydrogen-bond donors (Lipinski definition) is 2. The van der Waals surface area contributed by atoms with Gasteiger partial charge in [-0.3, -0.25) is 4.79 Å². The fraction of sp³-hybridized carbons (Fsp3) is 0.438. The van der Waals surface area contributed by atoms with Crippen LogP contribution in [-0.2, 0) is 0 Å². The maximum atomic E-state index is 12.7. The minimum Gasteiger partial charge on any atom is -0.361 e. The monoisotopic (exact) mass is 271 g/mol. The quantitative estimate of drug-likeness (QED) is 0.881. The van der Waals surface area contributed by atoms with Crippen LogP contribution in [0.3, 0.4) is 0 Å². The Bertz CT molecular complexity index is 623. The highest BCUT2D eigenvalue weighted by Gasteiger charge is 2.31. The van der Waals surface area contributed by atoms with E-state index in [1.165, 1.54) is 0 Å². The third kappa shape index (κ3) is 2.20. The summed E-state index contributed by atoms with van der Waals surface area (Å²) in [6, 6.07) is 7.88. The second kappa shape index (κ2) is 4.94. The lowest BCUT2D eigenvalue weighted by Gasteiger charge is -2.39. The number of benzene rings is 1. The number of carbonyl (C=O) groups is 1. The number of amides is 1. The van der Waals surface area contributed by atoms with Crippen LogP contribution in [0.5, 0.6) is 0 Å². The number of likely N-dealkylation sites (tertiary alicyclic amines) is 1. The SMILES string of the molecule is CNC1(C)CCN(C(=O)c2cccc3cc[nH]c23)CC1. The van der Waals surface area contributed by atoms with Gasteiger partial charge in [0.1, 0.15) is 0 Å². The molecule has 1 fully saturated rings. The molecule has 1 aliphatic rings. The van der Waals surface area contributed by atoms with E-state index in [4.69, 9.17) is 0 Å². The van der Waals surface area contributed by atoms with Gasteiger partial charge in [-0.15, -0.1) is 0 Å². The van der Waals surface area contributed by atoms with Crippen LogP contribution in [0.25, 0.3) is 10.9 Å². The molecule has 2 N–H and O–H groups in total. The predicted molar refractivity (Wildman–Crippen MR) is 80.9 cm³/mol. The summed E-state index contributed by atoms with van der Waals surface area (Å²) in [5.74, 6) is 0.135. The predicted octanol–water partition coefficient (Wildman–Crippen LogP) is 2.38. The lowest BCUT2D eigenvalue weighted by atomic mass is 9.89. The molecule has 4 heteroatoms. The van der Waals surface area contributed by atoms with Gasteiger partial charge in [0, 0.05) is 30.2 Å². The van der Waals surface area contributed by atoms with Crippen LogP contribution in [0.15, 0.2) is 30.5 Å². The Morgan fingerprint density at radius 3 is 2.75 bits per heavy atom. The fourth-order valence-corrected chi connectivity index (χ4v) is 2.89. The normalized spacial score (nSPS) is 18.4. The Morgan fingerprint density at radius 1 is 1.30 bits per heavy atom. The van der Waals surface area contributed by atoms with Gasteiger partial charge in [0.05, 0.1) is 11.1 Å².